The molecule has 1 aliphatic rings. The number of nitrogens with zero attached hydrogens (tertiary/aromatic N) is 1. The Bertz CT molecular complexity index is 298. The second kappa shape index (κ2) is 7.31. The Hall–Kier alpha value is -0.170. The highest BCUT2D eigenvalue weighted by Crippen LogP contribution is 2.09. The topological polar surface area (TPSA) is 61.4 Å². The Morgan fingerprint density at radius 1 is 1.24 bits per heavy atom. The summed E-state index contributed by atoms with van der Waals surface area (Å²) < 4.78 is 25.3. The van der Waals surface area contributed by atoms with Crippen molar-refractivity contribution in [2.24, 2.45) is 0 Å². The summed E-state index contributed by atoms with van der Waals surface area (Å²) in [6.07, 6.45) is 2.24. The maximum Gasteiger partial charge on any atom is 0.212 e. The molecule has 0 atom stereocenters. The maximum absolute atomic E-state index is 11.4. The van der Waals surface area contributed by atoms with Gasteiger partial charge in [0.15, 0.2) is 0 Å². The van der Waals surface area contributed by atoms with Gasteiger partial charge in [0.25, 0.3) is 0 Å². The van der Waals surface area contributed by atoms with Crippen molar-refractivity contribution in [3.05, 3.63) is 0 Å². The Morgan fingerprint density at radius 3 is 2.41 bits per heavy atom. The molecule has 1 fully saturated rings. The van der Waals surface area contributed by atoms with E-state index in [4.69, 9.17) is 0 Å². The van der Waals surface area contributed by atoms with Crippen LogP contribution in [0.5, 0.6) is 0 Å². The molecule has 1 saturated heterocycles. The predicted molar refractivity (Wildman–Crippen MR) is 70.6 cm³/mol. The molecule has 0 aromatic rings. The van der Waals surface area contributed by atoms with Crippen molar-refractivity contribution >= 4 is 10.0 Å². The van der Waals surface area contributed by atoms with E-state index >= 15 is 0 Å². The lowest BCUT2D eigenvalue weighted by Crippen LogP contribution is -2.44. The molecule has 1 aliphatic heterocycles. The zero-order valence-electron chi connectivity index (χ0n) is 10.9. The van der Waals surface area contributed by atoms with Gasteiger partial charge in [-0.3, -0.25) is 0 Å². The van der Waals surface area contributed by atoms with Crippen LogP contribution in [0.1, 0.15) is 26.7 Å². The minimum atomic E-state index is -3.07. The molecule has 0 radical (unpaired) electrons. The fraction of sp³-hybridized carbons (Fsp3) is 1.00. The number of likely N-dealkylation sites (tertiary alicyclic amines) is 1. The van der Waals surface area contributed by atoms with Gasteiger partial charge in [-0.1, -0.05) is 13.8 Å². The van der Waals surface area contributed by atoms with E-state index in [-0.39, 0.29) is 5.75 Å². The lowest BCUT2D eigenvalue weighted by Gasteiger charge is -2.31. The number of piperidine rings is 1. The molecule has 5 nitrogen and oxygen atoms in total. The normalized spacial score (nSPS) is 19.6. The number of sulfonamides is 1. The van der Waals surface area contributed by atoms with E-state index in [2.05, 4.69) is 21.9 Å². The Labute approximate surface area is 105 Å². The molecule has 0 unspecified atom stereocenters. The van der Waals surface area contributed by atoms with Crippen LogP contribution in [0.15, 0.2) is 0 Å². The molecule has 17 heavy (non-hydrogen) atoms. The van der Waals surface area contributed by atoms with Crippen LogP contribution in [0.2, 0.25) is 0 Å². The van der Waals surface area contributed by atoms with Crippen molar-refractivity contribution in [1.29, 1.82) is 0 Å². The molecule has 0 bridgehead atoms. The molecule has 102 valence electrons. The largest absolute Gasteiger partial charge is 0.313 e. The van der Waals surface area contributed by atoms with E-state index in [1.165, 1.54) is 0 Å². The fourth-order valence-corrected chi connectivity index (χ4v) is 3.11. The number of hydrogen-bond acceptors (Lipinski definition) is 4. The van der Waals surface area contributed by atoms with Crippen molar-refractivity contribution in [3.8, 4) is 0 Å². The summed E-state index contributed by atoms with van der Waals surface area (Å²) in [6.45, 7) is 8.34. The van der Waals surface area contributed by atoms with Crippen molar-refractivity contribution in [2.45, 2.75) is 32.7 Å². The summed E-state index contributed by atoms with van der Waals surface area (Å²) in [4.78, 5) is 2.42. The first-order valence-corrected chi connectivity index (χ1v) is 8.15. The second-order valence-electron chi connectivity index (χ2n) is 4.48. The molecule has 1 rings (SSSR count). The van der Waals surface area contributed by atoms with Crippen LogP contribution in [-0.2, 0) is 10.0 Å². The monoisotopic (exact) mass is 263 g/mol. The third kappa shape index (κ3) is 5.81. The molecule has 0 aromatic heterocycles. The van der Waals surface area contributed by atoms with Gasteiger partial charge in [-0.25, -0.2) is 13.1 Å². The van der Waals surface area contributed by atoms with Crippen molar-refractivity contribution in [3.63, 3.8) is 0 Å². The highest BCUT2D eigenvalue weighted by Gasteiger charge is 2.18. The molecule has 0 amide bonds. The minimum absolute atomic E-state index is 0.175. The van der Waals surface area contributed by atoms with E-state index in [0.717, 1.165) is 32.5 Å². The van der Waals surface area contributed by atoms with Gasteiger partial charge in [-0.15, -0.1) is 0 Å². The number of nitrogens with one attached hydrogen (secondary N) is 2. The quantitative estimate of drug-likeness (QED) is 0.679. The summed E-state index contributed by atoms with van der Waals surface area (Å²) in [5, 5.41) is 3.33. The van der Waals surface area contributed by atoms with Gasteiger partial charge in [0.1, 0.15) is 0 Å². The average molecular weight is 263 g/mol. The predicted octanol–water partition coefficient (Wildman–Crippen LogP) is -0.000400. The summed E-state index contributed by atoms with van der Waals surface area (Å²) in [7, 11) is -3.07. The first kappa shape index (κ1) is 14.9. The number of rotatable bonds is 7. The van der Waals surface area contributed by atoms with E-state index in [9.17, 15) is 8.42 Å². The molecular formula is C11H25N3O2S. The van der Waals surface area contributed by atoms with Crippen molar-refractivity contribution < 1.29 is 8.42 Å². The third-order valence-corrected chi connectivity index (χ3v) is 4.67. The van der Waals surface area contributed by atoms with Gasteiger partial charge < -0.3 is 10.2 Å². The van der Waals surface area contributed by atoms with Crippen LogP contribution in [0, 0.1) is 0 Å². The average Bonchev–Trinajstić information content (AvgIpc) is 2.29. The minimum Gasteiger partial charge on any atom is -0.313 e. The first-order valence-electron chi connectivity index (χ1n) is 6.50. The standard InChI is InChI=1S/C11H25N3O2S/c1-3-13-17(15,16)10-7-12-11-5-8-14(4-2)9-6-11/h11-13H,3-10H2,1-2H3. The maximum atomic E-state index is 11.4. The van der Waals surface area contributed by atoms with Gasteiger partial charge in [0, 0.05) is 19.1 Å². The van der Waals surface area contributed by atoms with Gasteiger partial charge >= 0.3 is 0 Å². The van der Waals surface area contributed by atoms with Crippen molar-refractivity contribution in [1.82, 2.24) is 14.9 Å². The smallest absolute Gasteiger partial charge is 0.212 e. The van der Waals surface area contributed by atoms with Gasteiger partial charge in [-0.2, -0.15) is 0 Å². The van der Waals surface area contributed by atoms with Crippen LogP contribution >= 0.6 is 0 Å². The molecule has 0 aromatic carbocycles. The van der Waals surface area contributed by atoms with Crippen LogP contribution in [0.25, 0.3) is 0 Å². The van der Waals surface area contributed by atoms with E-state index in [1.807, 2.05) is 0 Å². The third-order valence-electron chi connectivity index (χ3n) is 3.20. The fourth-order valence-electron chi connectivity index (χ4n) is 2.14. The van der Waals surface area contributed by atoms with Gasteiger partial charge in [-0.05, 0) is 32.5 Å². The lowest BCUT2D eigenvalue weighted by molar-refractivity contribution is 0.208. The van der Waals surface area contributed by atoms with E-state index < -0.39 is 10.0 Å². The Balaban J connectivity index is 2.16. The molecule has 1 heterocycles. The van der Waals surface area contributed by atoms with Crippen LogP contribution in [0.4, 0.5) is 0 Å². The lowest BCUT2D eigenvalue weighted by atomic mass is 10.1. The Morgan fingerprint density at radius 2 is 1.88 bits per heavy atom. The summed E-state index contributed by atoms with van der Waals surface area (Å²) in [5.41, 5.74) is 0. The van der Waals surface area contributed by atoms with Gasteiger partial charge in [0.2, 0.25) is 10.0 Å². The first-order chi connectivity index (χ1) is 8.07. The highest BCUT2D eigenvalue weighted by molar-refractivity contribution is 7.89. The molecule has 0 aliphatic carbocycles. The second-order valence-corrected chi connectivity index (χ2v) is 6.41. The zero-order valence-corrected chi connectivity index (χ0v) is 11.7. The van der Waals surface area contributed by atoms with Crippen LogP contribution in [-0.4, -0.2) is 57.8 Å². The SMILES string of the molecule is CCNS(=O)(=O)CCNC1CCN(CC)CC1. The number of hydrogen-bond donors (Lipinski definition) is 2. The van der Waals surface area contributed by atoms with Crippen LogP contribution in [0.3, 0.4) is 0 Å². The molecule has 0 saturated carbocycles. The summed E-state index contributed by atoms with van der Waals surface area (Å²) >= 11 is 0. The Kier molecular flexibility index (Phi) is 6.40. The van der Waals surface area contributed by atoms with E-state index in [1.54, 1.807) is 6.92 Å². The molecule has 6 heteroatoms. The summed E-state index contributed by atoms with van der Waals surface area (Å²) in [6, 6.07) is 0.481. The summed E-state index contributed by atoms with van der Waals surface area (Å²) in [5.74, 6) is 0.175. The van der Waals surface area contributed by atoms with Gasteiger partial charge in [0.05, 0.1) is 5.75 Å². The molecule has 0 spiro atoms. The zero-order chi connectivity index (χ0) is 12.7. The molecular weight excluding hydrogens is 238 g/mol. The van der Waals surface area contributed by atoms with Crippen LogP contribution < -0.4 is 10.0 Å². The van der Waals surface area contributed by atoms with E-state index in [0.29, 0.717) is 19.1 Å². The highest BCUT2D eigenvalue weighted by atomic mass is 32.2. The molecule has 2 N–H and O–H groups in total. The van der Waals surface area contributed by atoms with Crippen molar-refractivity contribution in [2.75, 3.05) is 38.5 Å².